The highest BCUT2D eigenvalue weighted by Gasteiger charge is 2.27. The fraction of sp³-hybridized carbons (Fsp3) is 0.0588. The highest BCUT2D eigenvalue weighted by atomic mass is 15.3. The fourth-order valence-electron chi connectivity index (χ4n) is 6.15. The van der Waals surface area contributed by atoms with Gasteiger partial charge in [0, 0.05) is 28.4 Å². The zero-order valence-corrected chi connectivity index (χ0v) is 20.1. The Labute approximate surface area is 209 Å². The number of rotatable bonds is 1. The summed E-state index contributed by atoms with van der Waals surface area (Å²) in [5, 5.41) is 8.89. The third-order valence-electron chi connectivity index (χ3n) is 7.81. The number of nitrogens with zero attached hydrogens (tertiary/aromatic N) is 2. The lowest BCUT2D eigenvalue weighted by Crippen LogP contribution is -2.18. The molecule has 1 aromatic heterocycles. The minimum absolute atomic E-state index is 0.882. The molecule has 170 valence electrons. The maximum absolute atomic E-state index is 2.51. The van der Waals surface area contributed by atoms with Crippen LogP contribution < -0.4 is 4.90 Å². The number of hydrogen-bond donors (Lipinski definition) is 0. The summed E-state index contributed by atoms with van der Waals surface area (Å²) in [6, 6.07) is 42.6. The van der Waals surface area contributed by atoms with Crippen LogP contribution >= 0.6 is 0 Å². The summed E-state index contributed by atoms with van der Waals surface area (Å²) in [6.45, 7) is 3.14. The lowest BCUT2D eigenvalue weighted by atomic mass is 9.95. The van der Waals surface area contributed by atoms with Crippen LogP contribution in [0.15, 0.2) is 115 Å². The van der Waals surface area contributed by atoms with Gasteiger partial charge in [-0.2, -0.15) is 0 Å². The van der Waals surface area contributed by atoms with Gasteiger partial charge in [-0.05, 0) is 64.2 Å². The van der Waals surface area contributed by atoms with E-state index in [2.05, 4.69) is 132 Å². The van der Waals surface area contributed by atoms with Crippen LogP contribution in [0.4, 0.5) is 11.5 Å². The van der Waals surface area contributed by atoms with Gasteiger partial charge >= 0.3 is 0 Å². The Balaban J connectivity index is 1.61. The number of benzene rings is 6. The summed E-state index contributed by atoms with van der Waals surface area (Å²) in [5.41, 5.74) is 6.34. The number of hydrogen-bond acceptors (Lipinski definition) is 1. The quantitative estimate of drug-likeness (QED) is 0.237. The molecule has 0 atom stereocenters. The van der Waals surface area contributed by atoms with Gasteiger partial charge in [-0.25, -0.2) is 0 Å². The molecule has 2 nitrogen and oxygen atoms in total. The van der Waals surface area contributed by atoms with Gasteiger partial charge in [0.15, 0.2) is 0 Å². The van der Waals surface area contributed by atoms with Crippen molar-refractivity contribution in [3.8, 4) is 16.8 Å². The van der Waals surface area contributed by atoms with Crippen molar-refractivity contribution in [3.63, 3.8) is 0 Å². The Morgan fingerprint density at radius 2 is 1.03 bits per heavy atom. The van der Waals surface area contributed by atoms with Gasteiger partial charge in [0.05, 0.1) is 16.9 Å². The molecule has 0 amide bonds. The molecule has 0 aliphatic carbocycles. The molecule has 7 aromatic rings. The summed E-state index contributed by atoms with van der Waals surface area (Å²) >= 11 is 0. The van der Waals surface area contributed by atoms with Gasteiger partial charge in [0.1, 0.15) is 5.82 Å². The van der Waals surface area contributed by atoms with Gasteiger partial charge < -0.3 is 4.90 Å². The Bertz CT molecular complexity index is 1990. The first kappa shape index (κ1) is 19.7. The largest absolute Gasteiger partial charge is 0.327 e. The van der Waals surface area contributed by atoms with E-state index in [-0.39, 0.29) is 0 Å². The Morgan fingerprint density at radius 3 is 1.69 bits per heavy atom. The second-order valence-corrected chi connectivity index (χ2v) is 9.74. The summed E-state index contributed by atoms with van der Waals surface area (Å²) in [5.74, 6) is 1.22. The van der Waals surface area contributed by atoms with Crippen LogP contribution in [0.25, 0.3) is 60.0 Å². The molecule has 0 radical (unpaired) electrons. The molecule has 0 spiro atoms. The van der Waals surface area contributed by atoms with E-state index < -0.39 is 0 Å². The molecule has 6 aromatic carbocycles. The lowest BCUT2D eigenvalue weighted by molar-refractivity contribution is 0.971. The highest BCUT2D eigenvalue weighted by Crippen LogP contribution is 2.48. The van der Waals surface area contributed by atoms with Gasteiger partial charge in [0.2, 0.25) is 0 Å². The van der Waals surface area contributed by atoms with E-state index in [0.29, 0.717) is 0 Å². The average molecular weight is 461 g/mol. The molecule has 8 rings (SSSR count). The standard InChI is InChI=1S/C34H24N2/c1-2-35-31-19-25-12-5-3-10-23(25)17-29(31)30-18-24-11-4-6-13-26(24)20-32(30)36-33(35)21-27-16-15-22-9-7-8-14-28(22)34(27)36/h3-21H,2H2,1H3. The second-order valence-electron chi connectivity index (χ2n) is 9.74. The molecule has 36 heavy (non-hydrogen) atoms. The Morgan fingerprint density at radius 1 is 0.500 bits per heavy atom. The number of anilines is 2. The molecule has 0 unspecified atom stereocenters. The van der Waals surface area contributed by atoms with Crippen LogP contribution in [0.5, 0.6) is 0 Å². The Kier molecular flexibility index (Phi) is 3.96. The number of aromatic nitrogens is 1. The van der Waals surface area contributed by atoms with E-state index in [1.807, 2.05) is 0 Å². The third-order valence-corrected chi connectivity index (χ3v) is 7.81. The molecule has 0 saturated carbocycles. The van der Waals surface area contributed by atoms with Crippen molar-refractivity contribution in [3.05, 3.63) is 115 Å². The van der Waals surface area contributed by atoms with Crippen LogP contribution in [-0.4, -0.2) is 11.1 Å². The van der Waals surface area contributed by atoms with Crippen molar-refractivity contribution in [2.24, 2.45) is 0 Å². The van der Waals surface area contributed by atoms with Gasteiger partial charge in [-0.3, -0.25) is 4.57 Å². The molecule has 0 saturated heterocycles. The first-order valence-electron chi connectivity index (χ1n) is 12.7. The zero-order valence-electron chi connectivity index (χ0n) is 20.1. The van der Waals surface area contributed by atoms with E-state index in [1.165, 1.54) is 71.5 Å². The van der Waals surface area contributed by atoms with E-state index in [1.54, 1.807) is 0 Å². The Hall–Kier alpha value is -4.56. The minimum Gasteiger partial charge on any atom is -0.327 e. The van der Waals surface area contributed by atoms with Crippen LogP contribution in [0, 0.1) is 0 Å². The van der Waals surface area contributed by atoms with Crippen LogP contribution in [0.1, 0.15) is 6.92 Å². The van der Waals surface area contributed by atoms with Crippen LogP contribution in [0.2, 0.25) is 0 Å². The first-order valence-corrected chi connectivity index (χ1v) is 12.7. The first-order chi connectivity index (χ1) is 17.8. The van der Waals surface area contributed by atoms with Gasteiger partial charge in [-0.15, -0.1) is 0 Å². The van der Waals surface area contributed by atoms with E-state index in [9.17, 15) is 0 Å². The summed E-state index contributed by atoms with van der Waals surface area (Å²) < 4.78 is 2.51. The molecule has 1 aliphatic heterocycles. The third kappa shape index (κ3) is 2.61. The second kappa shape index (κ2) is 7.22. The average Bonchev–Trinajstić information content (AvgIpc) is 3.27. The van der Waals surface area contributed by atoms with Crippen molar-refractivity contribution in [2.45, 2.75) is 6.92 Å². The van der Waals surface area contributed by atoms with E-state index in [0.717, 1.165) is 6.54 Å². The minimum atomic E-state index is 0.882. The molecule has 2 heterocycles. The predicted molar refractivity (Wildman–Crippen MR) is 154 cm³/mol. The van der Waals surface area contributed by atoms with Crippen molar-refractivity contribution in [1.29, 1.82) is 0 Å². The summed E-state index contributed by atoms with van der Waals surface area (Å²) in [7, 11) is 0. The van der Waals surface area contributed by atoms with E-state index >= 15 is 0 Å². The smallest absolute Gasteiger partial charge is 0.118 e. The number of fused-ring (bicyclic) bond motifs is 11. The van der Waals surface area contributed by atoms with Gasteiger partial charge in [0.25, 0.3) is 0 Å². The van der Waals surface area contributed by atoms with E-state index in [4.69, 9.17) is 0 Å². The SMILES string of the molecule is CCN1c2cc3ccccc3cc2-c2cc3ccccc3cc2-n2c1cc1ccc3ccccc3c12. The van der Waals surface area contributed by atoms with Crippen molar-refractivity contribution in [2.75, 3.05) is 11.4 Å². The molecular formula is C34H24N2. The topological polar surface area (TPSA) is 8.17 Å². The van der Waals surface area contributed by atoms with Crippen molar-refractivity contribution < 1.29 is 0 Å². The monoisotopic (exact) mass is 460 g/mol. The highest BCUT2D eigenvalue weighted by molar-refractivity contribution is 6.11. The molecule has 0 fully saturated rings. The van der Waals surface area contributed by atoms with Crippen LogP contribution in [-0.2, 0) is 0 Å². The normalized spacial score (nSPS) is 12.6. The lowest BCUT2D eigenvalue weighted by Gasteiger charge is -2.24. The summed E-state index contributed by atoms with van der Waals surface area (Å²) in [6.07, 6.45) is 0. The maximum Gasteiger partial charge on any atom is 0.118 e. The predicted octanol–water partition coefficient (Wildman–Crippen LogP) is 9.23. The molecule has 0 bridgehead atoms. The maximum atomic E-state index is 2.51. The molecule has 0 N–H and O–H groups in total. The van der Waals surface area contributed by atoms with Crippen LogP contribution in [0.3, 0.4) is 0 Å². The van der Waals surface area contributed by atoms with Gasteiger partial charge in [-0.1, -0.05) is 84.9 Å². The van der Waals surface area contributed by atoms with Crippen molar-refractivity contribution >= 4 is 54.7 Å². The fourth-order valence-corrected chi connectivity index (χ4v) is 6.15. The summed E-state index contributed by atoms with van der Waals surface area (Å²) in [4.78, 5) is 2.49. The molecular weight excluding hydrogens is 436 g/mol. The molecule has 1 aliphatic rings. The van der Waals surface area contributed by atoms with Crippen molar-refractivity contribution in [1.82, 2.24) is 4.57 Å². The zero-order chi connectivity index (χ0) is 23.8. The molecule has 2 heteroatoms.